The van der Waals surface area contributed by atoms with Crippen molar-refractivity contribution in [3.63, 3.8) is 0 Å². The Bertz CT molecular complexity index is 768. The van der Waals surface area contributed by atoms with Gasteiger partial charge in [-0.3, -0.25) is 4.98 Å². The van der Waals surface area contributed by atoms with Gasteiger partial charge >= 0.3 is 0 Å². The van der Waals surface area contributed by atoms with Crippen LogP contribution in [-0.2, 0) is 6.54 Å². The van der Waals surface area contributed by atoms with Crippen LogP contribution >= 0.6 is 15.9 Å². The van der Waals surface area contributed by atoms with Gasteiger partial charge in [0.25, 0.3) is 0 Å². The number of benzene rings is 2. The predicted octanol–water partition coefficient (Wildman–Crippen LogP) is 4.62. The Morgan fingerprint density at radius 1 is 1.19 bits per heavy atom. The molecule has 3 rings (SSSR count). The lowest BCUT2D eigenvalue weighted by Crippen LogP contribution is -2.02. The summed E-state index contributed by atoms with van der Waals surface area (Å²) >= 11 is 3.49. The molecular weight excluding hydrogens is 328 g/mol. The molecule has 4 heteroatoms. The number of nitrogens with one attached hydrogen (secondary N) is 1. The molecule has 0 radical (unpaired) electrons. The normalized spacial score (nSPS) is 10.6. The first-order valence-corrected chi connectivity index (χ1v) is 7.46. The fraction of sp³-hybridized carbons (Fsp3) is 0.118. The van der Waals surface area contributed by atoms with Crippen molar-refractivity contribution in [3.05, 3.63) is 64.9 Å². The van der Waals surface area contributed by atoms with Gasteiger partial charge in [0.1, 0.15) is 5.75 Å². The van der Waals surface area contributed by atoms with E-state index in [9.17, 15) is 0 Å². The zero-order valence-corrected chi connectivity index (χ0v) is 13.2. The average Bonchev–Trinajstić information content (AvgIpc) is 2.53. The summed E-state index contributed by atoms with van der Waals surface area (Å²) in [7, 11) is 1.68. The SMILES string of the molecule is COc1ccc(Br)cc1NCc1cccc2cnccc12. The Morgan fingerprint density at radius 3 is 2.95 bits per heavy atom. The summed E-state index contributed by atoms with van der Waals surface area (Å²) in [5.41, 5.74) is 2.20. The molecule has 1 aromatic heterocycles. The number of ether oxygens (including phenoxy) is 1. The van der Waals surface area contributed by atoms with Gasteiger partial charge in [0.05, 0.1) is 12.8 Å². The third kappa shape index (κ3) is 3.00. The number of rotatable bonds is 4. The second-order valence-electron chi connectivity index (χ2n) is 4.71. The van der Waals surface area contributed by atoms with Crippen LogP contribution in [0.4, 0.5) is 5.69 Å². The van der Waals surface area contributed by atoms with E-state index in [0.29, 0.717) is 0 Å². The summed E-state index contributed by atoms with van der Waals surface area (Å²) < 4.78 is 6.40. The number of anilines is 1. The molecule has 1 N–H and O–H groups in total. The van der Waals surface area contributed by atoms with Gasteiger partial charge < -0.3 is 10.1 Å². The maximum atomic E-state index is 5.38. The van der Waals surface area contributed by atoms with Gasteiger partial charge in [-0.1, -0.05) is 34.1 Å². The number of aromatic nitrogens is 1. The highest BCUT2D eigenvalue weighted by molar-refractivity contribution is 9.10. The molecule has 0 atom stereocenters. The third-order valence-corrected chi connectivity index (χ3v) is 3.90. The van der Waals surface area contributed by atoms with E-state index in [1.165, 1.54) is 10.9 Å². The molecule has 0 amide bonds. The Kier molecular flexibility index (Phi) is 4.06. The minimum atomic E-state index is 0.730. The maximum Gasteiger partial charge on any atom is 0.142 e. The van der Waals surface area contributed by atoms with Crippen molar-refractivity contribution in [2.45, 2.75) is 6.54 Å². The van der Waals surface area contributed by atoms with Gasteiger partial charge in [0.2, 0.25) is 0 Å². The second kappa shape index (κ2) is 6.14. The highest BCUT2D eigenvalue weighted by atomic mass is 79.9. The van der Waals surface area contributed by atoms with Crippen LogP contribution in [0.15, 0.2) is 59.3 Å². The van der Waals surface area contributed by atoms with Crippen LogP contribution in [-0.4, -0.2) is 12.1 Å². The Labute approximate surface area is 132 Å². The van der Waals surface area contributed by atoms with Crippen molar-refractivity contribution in [2.75, 3.05) is 12.4 Å². The fourth-order valence-electron chi connectivity index (χ4n) is 2.35. The molecule has 106 valence electrons. The van der Waals surface area contributed by atoms with Crippen molar-refractivity contribution < 1.29 is 4.74 Å². The summed E-state index contributed by atoms with van der Waals surface area (Å²) in [6, 6.07) is 14.2. The lowest BCUT2D eigenvalue weighted by Gasteiger charge is -2.13. The summed E-state index contributed by atoms with van der Waals surface area (Å²) in [5.74, 6) is 0.833. The molecule has 21 heavy (non-hydrogen) atoms. The molecule has 0 saturated heterocycles. The van der Waals surface area contributed by atoms with E-state index in [2.05, 4.69) is 44.4 Å². The number of methoxy groups -OCH3 is 1. The molecular formula is C17H15BrN2O. The molecule has 3 aromatic rings. The average molecular weight is 343 g/mol. The molecule has 0 aliphatic heterocycles. The fourth-order valence-corrected chi connectivity index (χ4v) is 2.71. The number of hydrogen-bond acceptors (Lipinski definition) is 3. The van der Waals surface area contributed by atoms with E-state index < -0.39 is 0 Å². The number of fused-ring (bicyclic) bond motifs is 1. The van der Waals surface area contributed by atoms with E-state index in [1.54, 1.807) is 7.11 Å². The van der Waals surface area contributed by atoms with Crippen LogP contribution in [0.2, 0.25) is 0 Å². The number of halogens is 1. The van der Waals surface area contributed by atoms with Crippen LogP contribution in [0.3, 0.4) is 0 Å². The number of nitrogens with zero attached hydrogens (tertiary/aromatic N) is 1. The first-order valence-electron chi connectivity index (χ1n) is 6.67. The molecule has 0 aliphatic carbocycles. The largest absolute Gasteiger partial charge is 0.495 e. The van der Waals surface area contributed by atoms with Crippen LogP contribution in [0.25, 0.3) is 10.8 Å². The molecule has 2 aromatic carbocycles. The van der Waals surface area contributed by atoms with E-state index in [0.717, 1.165) is 27.8 Å². The Balaban J connectivity index is 1.89. The van der Waals surface area contributed by atoms with Gasteiger partial charge in [-0.25, -0.2) is 0 Å². The van der Waals surface area contributed by atoms with E-state index in [-0.39, 0.29) is 0 Å². The molecule has 0 saturated carbocycles. The van der Waals surface area contributed by atoms with Gasteiger partial charge in [0, 0.05) is 28.8 Å². The first kappa shape index (κ1) is 13.9. The second-order valence-corrected chi connectivity index (χ2v) is 5.63. The highest BCUT2D eigenvalue weighted by Crippen LogP contribution is 2.29. The first-order chi connectivity index (χ1) is 10.3. The zero-order chi connectivity index (χ0) is 14.7. The monoisotopic (exact) mass is 342 g/mol. The minimum absolute atomic E-state index is 0.730. The quantitative estimate of drug-likeness (QED) is 0.751. The van der Waals surface area contributed by atoms with Crippen LogP contribution in [0.5, 0.6) is 5.75 Å². The van der Waals surface area contributed by atoms with Gasteiger partial charge in [-0.05, 0) is 35.2 Å². The van der Waals surface area contributed by atoms with Gasteiger partial charge in [-0.15, -0.1) is 0 Å². The molecule has 3 nitrogen and oxygen atoms in total. The van der Waals surface area contributed by atoms with E-state index >= 15 is 0 Å². The topological polar surface area (TPSA) is 34.1 Å². The molecule has 0 spiro atoms. The summed E-state index contributed by atoms with van der Waals surface area (Å²) in [6.45, 7) is 0.730. The van der Waals surface area contributed by atoms with Crippen molar-refractivity contribution in [1.29, 1.82) is 0 Å². The standard InChI is InChI=1S/C17H15BrN2O/c1-21-17-6-5-14(18)9-16(17)20-11-13-4-2-3-12-10-19-8-7-15(12)13/h2-10,20H,11H2,1H3. The predicted molar refractivity (Wildman–Crippen MR) is 89.8 cm³/mol. The summed E-state index contributed by atoms with van der Waals surface area (Å²) in [4.78, 5) is 4.16. The van der Waals surface area contributed by atoms with Crippen molar-refractivity contribution in [1.82, 2.24) is 4.98 Å². The van der Waals surface area contributed by atoms with Crippen LogP contribution < -0.4 is 10.1 Å². The smallest absolute Gasteiger partial charge is 0.142 e. The lowest BCUT2D eigenvalue weighted by atomic mass is 10.1. The molecule has 0 fully saturated rings. The third-order valence-electron chi connectivity index (χ3n) is 3.40. The van der Waals surface area contributed by atoms with Crippen LogP contribution in [0, 0.1) is 0 Å². The van der Waals surface area contributed by atoms with Gasteiger partial charge in [-0.2, -0.15) is 0 Å². The lowest BCUT2D eigenvalue weighted by molar-refractivity contribution is 0.416. The summed E-state index contributed by atoms with van der Waals surface area (Å²) in [6.07, 6.45) is 3.71. The van der Waals surface area contributed by atoms with Crippen molar-refractivity contribution >= 4 is 32.4 Å². The van der Waals surface area contributed by atoms with Gasteiger partial charge in [0.15, 0.2) is 0 Å². The number of pyridine rings is 1. The number of hydrogen-bond donors (Lipinski definition) is 1. The van der Waals surface area contributed by atoms with Crippen molar-refractivity contribution in [3.8, 4) is 5.75 Å². The maximum absolute atomic E-state index is 5.38. The molecule has 0 bridgehead atoms. The van der Waals surface area contributed by atoms with E-state index in [1.807, 2.05) is 36.7 Å². The zero-order valence-electron chi connectivity index (χ0n) is 11.6. The Hall–Kier alpha value is -2.07. The van der Waals surface area contributed by atoms with E-state index in [4.69, 9.17) is 4.74 Å². The molecule has 0 unspecified atom stereocenters. The Morgan fingerprint density at radius 2 is 2.10 bits per heavy atom. The van der Waals surface area contributed by atoms with Crippen molar-refractivity contribution in [2.24, 2.45) is 0 Å². The van der Waals surface area contributed by atoms with Crippen LogP contribution in [0.1, 0.15) is 5.56 Å². The highest BCUT2D eigenvalue weighted by Gasteiger charge is 2.05. The summed E-state index contributed by atoms with van der Waals surface area (Å²) in [5, 5.41) is 5.81. The minimum Gasteiger partial charge on any atom is -0.495 e. The molecule has 0 aliphatic rings. The molecule has 1 heterocycles.